The molecule has 0 saturated heterocycles. The van der Waals surface area contributed by atoms with Gasteiger partial charge in [-0.3, -0.25) is 4.79 Å². The molecule has 1 aliphatic carbocycles. The number of hydrogen-bond donors (Lipinski definition) is 1. The molecule has 0 spiro atoms. The average Bonchev–Trinajstić information content (AvgIpc) is 2.72. The quantitative estimate of drug-likeness (QED) is 0.499. The van der Waals surface area contributed by atoms with Crippen LogP contribution in [0.25, 0.3) is 0 Å². The number of allylic oxidation sites excluding steroid dienone is 4. The smallest absolute Gasteiger partial charge is 0.181 e. The van der Waals surface area contributed by atoms with Gasteiger partial charge in [-0.05, 0) is 31.8 Å². The third-order valence-electron chi connectivity index (χ3n) is 3.51. The number of aliphatic hydroxyl groups excluding tert-OH is 1. The molecular formula is C16H26O2. The Morgan fingerprint density at radius 3 is 2.72 bits per heavy atom. The summed E-state index contributed by atoms with van der Waals surface area (Å²) < 4.78 is 0. The van der Waals surface area contributed by atoms with E-state index in [9.17, 15) is 4.79 Å². The average molecular weight is 250 g/mol. The lowest BCUT2D eigenvalue weighted by Crippen LogP contribution is -2.03. The first kappa shape index (κ1) is 15.2. The van der Waals surface area contributed by atoms with Gasteiger partial charge in [0.1, 0.15) is 0 Å². The minimum atomic E-state index is 0.214. The summed E-state index contributed by atoms with van der Waals surface area (Å²) in [6, 6.07) is 0. The second-order valence-electron chi connectivity index (χ2n) is 5.06. The molecule has 0 fully saturated rings. The summed E-state index contributed by atoms with van der Waals surface area (Å²) in [6.45, 7) is 2.48. The number of rotatable bonds is 9. The summed E-state index contributed by atoms with van der Waals surface area (Å²) in [4.78, 5) is 11.7. The van der Waals surface area contributed by atoms with Crippen LogP contribution in [0.15, 0.2) is 23.8 Å². The van der Waals surface area contributed by atoms with Crippen LogP contribution >= 0.6 is 0 Å². The minimum Gasteiger partial charge on any atom is -0.396 e. The summed E-state index contributed by atoms with van der Waals surface area (Å²) >= 11 is 0. The van der Waals surface area contributed by atoms with Crippen molar-refractivity contribution in [2.75, 3.05) is 6.61 Å². The number of carbonyl (C=O) groups is 1. The summed E-state index contributed by atoms with van der Waals surface area (Å²) in [5, 5.41) is 8.68. The summed E-state index contributed by atoms with van der Waals surface area (Å²) in [5.74, 6) is 0.585. The van der Waals surface area contributed by atoms with Crippen LogP contribution in [0, 0.1) is 5.92 Å². The monoisotopic (exact) mass is 250 g/mol. The molecule has 0 amide bonds. The molecule has 0 radical (unpaired) electrons. The van der Waals surface area contributed by atoms with Crippen molar-refractivity contribution in [3.05, 3.63) is 23.8 Å². The Morgan fingerprint density at radius 1 is 1.22 bits per heavy atom. The Kier molecular flexibility index (Phi) is 7.66. The molecular weight excluding hydrogens is 224 g/mol. The molecule has 2 heteroatoms. The SMILES string of the molecule is CCCCC1C=CC(=O)C1=CCCCCCCO. The van der Waals surface area contributed by atoms with Gasteiger partial charge in [-0.15, -0.1) is 0 Å². The minimum absolute atomic E-state index is 0.214. The molecule has 1 rings (SSSR count). The molecule has 102 valence electrons. The van der Waals surface area contributed by atoms with E-state index in [2.05, 4.69) is 19.1 Å². The summed E-state index contributed by atoms with van der Waals surface area (Å²) in [6.07, 6.45) is 14.7. The highest BCUT2D eigenvalue weighted by atomic mass is 16.2. The van der Waals surface area contributed by atoms with Crippen molar-refractivity contribution in [3.63, 3.8) is 0 Å². The second-order valence-corrected chi connectivity index (χ2v) is 5.06. The lowest BCUT2D eigenvalue weighted by Gasteiger charge is -2.09. The normalized spacial score (nSPS) is 21.1. The van der Waals surface area contributed by atoms with Gasteiger partial charge in [0.05, 0.1) is 0 Å². The molecule has 0 aromatic carbocycles. The fraction of sp³-hybridized carbons (Fsp3) is 0.688. The maximum absolute atomic E-state index is 11.7. The van der Waals surface area contributed by atoms with E-state index in [-0.39, 0.29) is 5.78 Å². The first-order valence-corrected chi connectivity index (χ1v) is 7.33. The number of unbranched alkanes of at least 4 members (excludes halogenated alkanes) is 5. The molecule has 0 heterocycles. The zero-order chi connectivity index (χ0) is 13.2. The predicted octanol–water partition coefficient (Wildman–Crippen LogP) is 3.80. The van der Waals surface area contributed by atoms with E-state index in [0.717, 1.165) is 44.1 Å². The molecule has 18 heavy (non-hydrogen) atoms. The highest BCUT2D eigenvalue weighted by Gasteiger charge is 2.21. The maximum atomic E-state index is 11.7. The van der Waals surface area contributed by atoms with Crippen LogP contribution in [0.1, 0.15) is 58.3 Å². The van der Waals surface area contributed by atoms with Gasteiger partial charge in [0, 0.05) is 18.1 Å². The number of carbonyl (C=O) groups excluding carboxylic acids is 1. The van der Waals surface area contributed by atoms with E-state index >= 15 is 0 Å². The van der Waals surface area contributed by atoms with Crippen molar-refractivity contribution in [1.29, 1.82) is 0 Å². The van der Waals surface area contributed by atoms with Crippen LogP contribution in [-0.4, -0.2) is 17.5 Å². The topological polar surface area (TPSA) is 37.3 Å². The van der Waals surface area contributed by atoms with Crippen LogP contribution < -0.4 is 0 Å². The van der Waals surface area contributed by atoms with E-state index in [1.165, 1.54) is 12.8 Å². The van der Waals surface area contributed by atoms with Crippen LogP contribution in [0.2, 0.25) is 0 Å². The van der Waals surface area contributed by atoms with Crippen molar-refractivity contribution >= 4 is 5.78 Å². The van der Waals surface area contributed by atoms with E-state index in [4.69, 9.17) is 5.11 Å². The Bertz CT molecular complexity index is 302. The zero-order valence-corrected chi connectivity index (χ0v) is 11.5. The van der Waals surface area contributed by atoms with Gasteiger partial charge in [0.15, 0.2) is 5.78 Å². The van der Waals surface area contributed by atoms with Gasteiger partial charge >= 0.3 is 0 Å². The standard InChI is InChI=1S/C16H26O2/c1-2-3-9-14-11-12-16(18)15(14)10-7-5-4-6-8-13-17/h10-12,14,17H,2-9,13H2,1H3. The third kappa shape index (κ3) is 5.18. The lowest BCUT2D eigenvalue weighted by atomic mass is 9.95. The van der Waals surface area contributed by atoms with Crippen molar-refractivity contribution in [3.8, 4) is 0 Å². The molecule has 2 nitrogen and oxygen atoms in total. The molecule has 0 aromatic rings. The fourth-order valence-electron chi connectivity index (χ4n) is 2.38. The fourth-order valence-corrected chi connectivity index (χ4v) is 2.38. The van der Waals surface area contributed by atoms with E-state index in [1.54, 1.807) is 6.08 Å². The van der Waals surface area contributed by atoms with Crippen molar-refractivity contribution in [2.45, 2.75) is 58.3 Å². The van der Waals surface area contributed by atoms with E-state index in [1.807, 2.05) is 0 Å². The third-order valence-corrected chi connectivity index (χ3v) is 3.51. The van der Waals surface area contributed by atoms with Gasteiger partial charge in [0.25, 0.3) is 0 Å². The van der Waals surface area contributed by atoms with Crippen molar-refractivity contribution in [2.24, 2.45) is 5.92 Å². The number of aliphatic hydroxyl groups is 1. The van der Waals surface area contributed by atoms with Gasteiger partial charge in [-0.25, -0.2) is 0 Å². The van der Waals surface area contributed by atoms with E-state index < -0.39 is 0 Å². The van der Waals surface area contributed by atoms with Gasteiger partial charge in [-0.1, -0.05) is 44.8 Å². The summed E-state index contributed by atoms with van der Waals surface area (Å²) in [5.41, 5.74) is 1.02. The molecule has 0 aromatic heterocycles. The van der Waals surface area contributed by atoms with Crippen LogP contribution in [-0.2, 0) is 4.79 Å². The second kappa shape index (κ2) is 9.09. The Hall–Kier alpha value is -0.890. The predicted molar refractivity (Wildman–Crippen MR) is 75.4 cm³/mol. The molecule has 1 atom stereocenters. The first-order valence-electron chi connectivity index (χ1n) is 7.33. The largest absolute Gasteiger partial charge is 0.396 e. The Balaban J connectivity index is 2.30. The molecule has 0 aliphatic heterocycles. The zero-order valence-electron chi connectivity index (χ0n) is 11.5. The highest BCUT2D eigenvalue weighted by molar-refractivity contribution is 6.07. The number of ketones is 1. The van der Waals surface area contributed by atoms with Gasteiger partial charge in [0.2, 0.25) is 0 Å². The van der Waals surface area contributed by atoms with E-state index in [0.29, 0.717) is 12.5 Å². The highest BCUT2D eigenvalue weighted by Crippen LogP contribution is 2.27. The number of hydrogen-bond acceptors (Lipinski definition) is 2. The van der Waals surface area contributed by atoms with Crippen molar-refractivity contribution < 1.29 is 9.90 Å². The van der Waals surface area contributed by atoms with Crippen LogP contribution in [0.5, 0.6) is 0 Å². The summed E-state index contributed by atoms with van der Waals surface area (Å²) in [7, 11) is 0. The Labute approximate surface area is 111 Å². The molecule has 0 saturated carbocycles. The van der Waals surface area contributed by atoms with Crippen LogP contribution in [0.3, 0.4) is 0 Å². The molecule has 1 N–H and O–H groups in total. The lowest BCUT2D eigenvalue weighted by molar-refractivity contribution is -0.111. The maximum Gasteiger partial charge on any atom is 0.181 e. The van der Waals surface area contributed by atoms with Crippen molar-refractivity contribution in [1.82, 2.24) is 0 Å². The molecule has 1 unspecified atom stereocenters. The first-order chi connectivity index (χ1) is 8.79. The van der Waals surface area contributed by atoms with Crippen LogP contribution in [0.4, 0.5) is 0 Å². The van der Waals surface area contributed by atoms with Gasteiger partial charge in [-0.2, -0.15) is 0 Å². The van der Waals surface area contributed by atoms with Gasteiger partial charge < -0.3 is 5.11 Å². The molecule has 0 bridgehead atoms. The molecule has 1 aliphatic rings. The Morgan fingerprint density at radius 2 is 2.00 bits per heavy atom.